The van der Waals surface area contributed by atoms with Gasteiger partial charge in [0.25, 0.3) is 0 Å². The molecule has 5 nitrogen and oxygen atoms in total. The number of carbonyl (C=O) groups excluding carboxylic acids is 1. The number of rotatable bonds is 3. The monoisotopic (exact) mass is 250 g/mol. The second-order valence-corrected chi connectivity index (χ2v) is 4.48. The smallest absolute Gasteiger partial charge is 0.371 e. The van der Waals surface area contributed by atoms with Crippen LogP contribution in [0.15, 0.2) is 22.6 Å². The van der Waals surface area contributed by atoms with Crippen molar-refractivity contribution < 1.29 is 24.2 Å². The number of aromatic carboxylic acids is 1. The summed E-state index contributed by atoms with van der Waals surface area (Å²) in [5.74, 6) is -0.728. The number of hydrogen-bond acceptors (Lipinski definition) is 4. The van der Waals surface area contributed by atoms with Gasteiger partial charge >= 0.3 is 5.97 Å². The van der Waals surface area contributed by atoms with Crippen LogP contribution >= 0.6 is 0 Å². The molecule has 2 N–H and O–H groups in total. The number of furan rings is 1. The first kappa shape index (κ1) is 12.6. The molecule has 1 saturated carbocycles. The second kappa shape index (κ2) is 4.78. The number of aliphatic hydroxyl groups is 1. The van der Waals surface area contributed by atoms with Crippen molar-refractivity contribution in [3.05, 3.63) is 29.7 Å². The van der Waals surface area contributed by atoms with Crippen LogP contribution in [0.3, 0.4) is 0 Å². The molecular formula is C13H14O5. The van der Waals surface area contributed by atoms with Crippen molar-refractivity contribution >= 4 is 17.8 Å². The van der Waals surface area contributed by atoms with E-state index in [0.29, 0.717) is 31.4 Å². The fourth-order valence-electron chi connectivity index (χ4n) is 1.92. The second-order valence-electron chi connectivity index (χ2n) is 4.48. The first-order valence-corrected chi connectivity index (χ1v) is 5.75. The van der Waals surface area contributed by atoms with E-state index in [9.17, 15) is 14.7 Å². The number of carbonyl (C=O) groups is 2. The van der Waals surface area contributed by atoms with Crippen LogP contribution in [0.1, 0.15) is 42.0 Å². The van der Waals surface area contributed by atoms with Crippen LogP contribution in [-0.4, -0.2) is 27.6 Å². The van der Waals surface area contributed by atoms with Gasteiger partial charge in [0, 0.05) is 12.8 Å². The Morgan fingerprint density at radius 3 is 2.56 bits per heavy atom. The van der Waals surface area contributed by atoms with Crippen LogP contribution in [0.25, 0.3) is 6.08 Å². The molecule has 1 aliphatic rings. The molecule has 2 rings (SSSR count). The van der Waals surface area contributed by atoms with E-state index in [4.69, 9.17) is 9.52 Å². The Morgan fingerprint density at radius 2 is 2.00 bits per heavy atom. The van der Waals surface area contributed by atoms with Crippen molar-refractivity contribution in [1.82, 2.24) is 0 Å². The van der Waals surface area contributed by atoms with Gasteiger partial charge in [-0.2, -0.15) is 0 Å². The Morgan fingerprint density at radius 1 is 1.33 bits per heavy atom. The topological polar surface area (TPSA) is 87.7 Å². The van der Waals surface area contributed by atoms with Gasteiger partial charge in [0.1, 0.15) is 11.5 Å². The molecule has 5 heteroatoms. The largest absolute Gasteiger partial charge is 0.475 e. The zero-order valence-electron chi connectivity index (χ0n) is 9.76. The van der Waals surface area contributed by atoms with Crippen LogP contribution in [0, 0.1) is 0 Å². The summed E-state index contributed by atoms with van der Waals surface area (Å²) in [6, 6.07) is 2.88. The van der Waals surface area contributed by atoms with Crippen molar-refractivity contribution in [2.24, 2.45) is 0 Å². The summed E-state index contributed by atoms with van der Waals surface area (Å²) < 4.78 is 5.04. The van der Waals surface area contributed by atoms with E-state index in [-0.39, 0.29) is 11.5 Å². The SMILES string of the molecule is O=C1CCC(O)(/C=C/c2ccc(C(=O)O)o2)CC1. The highest BCUT2D eigenvalue weighted by Gasteiger charge is 2.29. The summed E-state index contributed by atoms with van der Waals surface area (Å²) in [5.41, 5.74) is -0.996. The van der Waals surface area contributed by atoms with Crippen LogP contribution < -0.4 is 0 Å². The minimum absolute atomic E-state index is 0.138. The average molecular weight is 250 g/mol. The fourth-order valence-corrected chi connectivity index (χ4v) is 1.92. The maximum Gasteiger partial charge on any atom is 0.371 e. The lowest BCUT2D eigenvalue weighted by Gasteiger charge is -2.27. The Labute approximate surface area is 104 Å². The van der Waals surface area contributed by atoms with E-state index in [2.05, 4.69) is 0 Å². The first-order valence-electron chi connectivity index (χ1n) is 5.75. The lowest BCUT2D eigenvalue weighted by molar-refractivity contribution is -0.123. The number of carboxylic acids is 1. The van der Waals surface area contributed by atoms with E-state index >= 15 is 0 Å². The minimum atomic E-state index is -1.13. The maximum absolute atomic E-state index is 11.1. The van der Waals surface area contributed by atoms with Crippen LogP contribution in [0.4, 0.5) is 0 Å². The Bertz CT molecular complexity index is 487. The van der Waals surface area contributed by atoms with E-state index in [1.807, 2.05) is 0 Å². The summed E-state index contributed by atoms with van der Waals surface area (Å²) in [7, 11) is 0. The van der Waals surface area contributed by atoms with Crippen molar-refractivity contribution in [1.29, 1.82) is 0 Å². The highest BCUT2D eigenvalue weighted by molar-refractivity contribution is 5.84. The van der Waals surface area contributed by atoms with Crippen molar-refractivity contribution in [3.8, 4) is 0 Å². The van der Waals surface area contributed by atoms with Gasteiger partial charge in [-0.15, -0.1) is 0 Å². The zero-order valence-corrected chi connectivity index (χ0v) is 9.76. The van der Waals surface area contributed by atoms with Gasteiger partial charge in [-0.3, -0.25) is 4.79 Å². The van der Waals surface area contributed by atoms with E-state index in [0.717, 1.165) is 0 Å². The van der Waals surface area contributed by atoms with Gasteiger partial charge in [-0.1, -0.05) is 0 Å². The fraction of sp³-hybridized carbons (Fsp3) is 0.385. The Hall–Kier alpha value is -1.88. The highest BCUT2D eigenvalue weighted by atomic mass is 16.4. The third-order valence-corrected chi connectivity index (χ3v) is 3.07. The third kappa shape index (κ3) is 2.87. The quantitative estimate of drug-likeness (QED) is 0.854. The third-order valence-electron chi connectivity index (χ3n) is 3.07. The standard InChI is InChI=1S/C13H14O5/c14-9-3-6-13(17,7-4-9)8-5-10-1-2-11(18-10)12(15)16/h1-2,5,8,17H,3-4,6-7H2,(H,15,16)/b8-5+. The molecular weight excluding hydrogens is 236 g/mol. The number of ketones is 1. The van der Waals surface area contributed by atoms with Gasteiger partial charge in [0.2, 0.25) is 5.76 Å². The predicted octanol–water partition coefficient (Wildman–Crippen LogP) is 1.87. The molecule has 1 heterocycles. The zero-order chi connectivity index (χ0) is 13.2. The summed E-state index contributed by atoms with van der Waals surface area (Å²) in [5, 5.41) is 18.9. The molecule has 0 bridgehead atoms. The predicted molar refractivity (Wildman–Crippen MR) is 63.1 cm³/mol. The minimum Gasteiger partial charge on any atom is -0.475 e. The molecule has 0 unspecified atom stereocenters. The number of carboxylic acid groups (broad SMARTS) is 1. The Balaban J connectivity index is 2.05. The first-order chi connectivity index (χ1) is 8.48. The summed E-state index contributed by atoms with van der Waals surface area (Å²) in [6.45, 7) is 0. The highest BCUT2D eigenvalue weighted by Crippen LogP contribution is 2.28. The van der Waals surface area contributed by atoms with Gasteiger partial charge in [-0.25, -0.2) is 4.79 Å². The summed E-state index contributed by atoms with van der Waals surface area (Å²) >= 11 is 0. The average Bonchev–Trinajstić information content (AvgIpc) is 2.80. The molecule has 0 atom stereocenters. The molecule has 0 aromatic carbocycles. The maximum atomic E-state index is 11.1. The molecule has 96 valence electrons. The van der Waals surface area contributed by atoms with Crippen molar-refractivity contribution in [2.45, 2.75) is 31.3 Å². The molecule has 1 aromatic rings. The molecule has 0 radical (unpaired) electrons. The molecule has 0 aliphatic heterocycles. The summed E-state index contributed by atoms with van der Waals surface area (Å²) in [4.78, 5) is 21.7. The number of hydrogen-bond donors (Lipinski definition) is 2. The Kier molecular flexibility index (Phi) is 3.34. The van der Waals surface area contributed by atoms with E-state index in [1.54, 1.807) is 12.2 Å². The van der Waals surface area contributed by atoms with Crippen LogP contribution in [-0.2, 0) is 4.79 Å². The van der Waals surface area contributed by atoms with Gasteiger partial charge in [0.15, 0.2) is 0 Å². The lowest BCUT2D eigenvalue weighted by atomic mass is 9.84. The molecule has 18 heavy (non-hydrogen) atoms. The molecule has 0 saturated heterocycles. The van der Waals surface area contributed by atoms with Crippen molar-refractivity contribution in [2.75, 3.05) is 0 Å². The van der Waals surface area contributed by atoms with Gasteiger partial charge in [0.05, 0.1) is 5.60 Å². The summed E-state index contributed by atoms with van der Waals surface area (Å²) in [6.07, 6.45) is 4.66. The lowest BCUT2D eigenvalue weighted by Crippen LogP contribution is -2.31. The normalized spacial score (nSPS) is 19.3. The molecule has 0 amide bonds. The van der Waals surface area contributed by atoms with E-state index in [1.165, 1.54) is 12.1 Å². The van der Waals surface area contributed by atoms with Crippen LogP contribution in [0.5, 0.6) is 0 Å². The molecule has 1 fully saturated rings. The molecule has 0 spiro atoms. The molecule has 1 aliphatic carbocycles. The van der Waals surface area contributed by atoms with Crippen molar-refractivity contribution in [3.63, 3.8) is 0 Å². The molecule has 1 aromatic heterocycles. The van der Waals surface area contributed by atoms with E-state index < -0.39 is 11.6 Å². The number of Topliss-reactive ketones (excluding diaryl/α,β-unsaturated/α-hetero) is 1. The van der Waals surface area contributed by atoms with Crippen LogP contribution in [0.2, 0.25) is 0 Å². The van der Waals surface area contributed by atoms with Gasteiger partial charge < -0.3 is 14.6 Å². The van der Waals surface area contributed by atoms with Gasteiger partial charge in [-0.05, 0) is 37.1 Å².